The number of rotatable bonds is 23. The highest BCUT2D eigenvalue weighted by atomic mass is 16.5. The van der Waals surface area contributed by atoms with Crippen LogP contribution in [0.15, 0.2) is 83.0 Å². The summed E-state index contributed by atoms with van der Waals surface area (Å²) in [6.07, 6.45) is 9.28. The van der Waals surface area contributed by atoms with E-state index in [0.717, 1.165) is 81.1 Å². The second-order valence-electron chi connectivity index (χ2n) is 11.3. The zero-order valence-electron chi connectivity index (χ0n) is 27.9. The number of hydrogen-bond acceptors (Lipinski definition) is 9. The van der Waals surface area contributed by atoms with Gasteiger partial charge in [0.1, 0.15) is 11.5 Å². The maximum atomic E-state index is 12.2. The number of azo groups is 1. The minimum Gasteiger partial charge on any atom is -0.494 e. The van der Waals surface area contributed by atoms with E-state index in [9.17, 15) is 4.79 Å². The van der Waals surface area contributed by atoms with Gasteiger partial charge in [0.25, 0.3) is 0 Å². The Morgan fingerprint density at radius 1 is 0.609 bits per heavy atom. The van der Waals surface area contributed by atoms with Crippen LogP contribution in [0.25, 0.3) is 0 Å². The molecule has 0 unspecified atom stereocenters. The number of nitrogens with zero attached hydrogens (tertiary/aromatic N) is 4. The average Bonchev–Trinajstić information content (AvgIpc) is 3.08. The van der Waals surface area contributed by atoms with Gasteiger partial charge in [-0.05, 0) is 99.5 Å². The Balaban J connectivity index is 1.19. The number of nitrogens with two attached hydrogens (primary N) is 2. The average molecular weight is 631 g/mol. The molecule has 0 fully saturated rings. The van der Waals surface area contributed by atoms with Gasteiger partial charge in [-0.25, -0.2) is 0 Å². The van der Waals surface area contributed by atoms with Crippen molar-refractivity contribution >= 4 is 28.7 Å². The summed E-state index contributed by atoms with van der Waals surface area (Å²) < 4.78 is 11.4. The maximum absolute atomic E-state index is 12.2. The normalized spacial score (nSPS) is 11.1. The summed E-state index contributed by atoms with van der Waals surface area (Å²) in [6.45, 7) is 9.60. The fourth-order valence-corrected chi connectivity index (χ4v) is 5.25. The van der Waals surface area contributed by atoms with Gasteiger partial charge in [0.05, 0.1) is 18.0 Å². The molecule has 0 aliphatic heterocycles. The quantitative estimate of drug-likeness (QED) is 0.0469. The molecule has 9 nitrogen and oxygen atoms in total. The predicted molar refractivity (Wildman–Crippen MR) is 190 cm³/mol. The maximum Gasteiger partial charge on any atom is 0.311 e. The van der Waals surface area contributed by atoms with Crippen molar-refractivity contribution in [3.63, 3.8) is 0 Å². The first-order valence-electron chi connectivity index (χ1n) is 17.0. The fraction of sp³-hybridized carbons (Fsp3) is 0.486. The SMILES string of the molecule is CCN(CC)c1ccc(N=Nc2ccc(OCCCCCCCCCCC(=O)Oc3ccc(N(CCN)CCN)cc3)cc2)cc1. The molecule has 0 aliphatic carbocycles. The van der Waals surface area contributed by atoms with Crippen LogP contribution in [0.3, 0.4) is 0 Å². The molecule has 3 aromatic rings. The highest BCUT2D eigenvalue weighted by molar-refractivity contribution is 5.72. The van der Waals surface area contributed by atoms with E-state index < -0.39 is 0 Å². The highest BCUT2D eigenvalue weighted by Gasteiger charge is 2.08. The van der Waals surface area contributed by atoms with E-state index in [-0.39, 0.29) is 5.97 Å². The Morgan fingerprint density at radius 3 is 1.61 bits per heavy atom. The Bertz CT molecular complexity index is 1260. The van der Waals surface area contributed by atoms with Crippen molar-refractivity contribution in [1.29, 1.82) is 0 Å². The lowest BCUT2D eigenvalue weighted by atomic mass is 10.1. The summed E-state index contributed by atoms with van der Waals surface area (Å²) in [5.41, 5.74) is 15.3. The number of hydrogen-bond donors (Lipinski definition) is 2. The molecule has 0 atom stereocenters. The standard InChI is InChI=1S/C37H54N6O3/c1-3-42(4-2)33-18-14-31(15-19-33)40-41-32-16-22-35(23-17-32)45-30-12-10-8-6-5-7-9-11-13-37(44)46-36-24-20-34(21-25-36)43(28-26-38)29-27-39/h14-25H,3-13,26-30,38-39H2,1-2H3. The van der Waals surface area contributed by atoms with Gasteiger partial charge in [-0.2, -0.15) is 10.2 Å². The minimum absolute atomic E-state index is 0.177. The van der Waals surface area contributed by atoms with Crippen LogP contribution in [0.2, 0.25) is 0 Å². The van der Waals surface area contributed by atoms with Gasteiger partial charge in [-0.1, -0.05) is 38.5 Å². The van der Waals surface area contributed by atoms with Gasteiger partial charge in [-0.3, -0.25) is 4.79 Å². The number of ether oxygens (including phenoxy) is 2. The summed E-state index contributed by atoms with van der Waals surface area (Å²) in [5, 5.41) is 8.72. The van der Waals surface area contributed by atoms with Crippen molar-refractivity contribution < 1.29 is 14.3 Å². The van der Waals surface area contributed by atoms with Gasteiger partial charge in [-0.15, -0.1) is 0 Å². The molecule has 9 heteroatoms. The molecule has 0 spiro atoms. The first-order chi connectivity index (χ1) is 22.6. The molecule has 0 aromatic heterocycles. The number of carbonyl (C=O) groups is 1. The number of carbonyl (C=O) groups excluding carboxylic acids is 1. The summed E-state index contributed by atoms with van der Waals surface area (Å²) in [6, 6.07) is 23.5. The van der Waals surface area contributed by atoms with Crippen molar-refractivity contribution in [2.24, 2.45) is 21.7 Å². The van der Waals surface area contributed by atoms with Gasteiger partial charge in [0.2, 0.25) is 0 Å². The molecule has 0 radical (unpaired) electrons. The predicted octanol–water partition coefficient (Wildman–Crippen LogP) is 8.17. The lowest BCUT2D eigenvalue weighted by molar-refractivity contribution is -0.134. The van der Waals surface area contributed by atoms with Gasteiger partial charge >= 0.3 is 5.97 Å². The van der Waals surface area contributed by atoms with Gasteiger partial charge in [0.15, 0.2) is 0 Å². The molecule has 0 bridgehead atoms. The topological polar surface area (TPSA) is 119 Å². The summed E-state index contributed by atoms with van der Waals surface area (Å²) in [5.74, 6) is 1.25. The smallest absolute Gasteiger partial charge is 0.311 e. The number of benzene rings is 3. The Hall–Kier alpha value is -3.95. The van der Waals surface area contributed by atoms with E-state index in [1.165, 1.54) is 24.9 Å². The second-order valence-corrected chi connectivity index (χ2v) is 11.3. The number of anilines is 2. The van der Waals surface area contributed by atoms with Crippen LogP contribution in [-0.4, -0.2) is 51.8 Å². The molecule has 250 valence electrons. The van der Waals surface area contributed by atoms with E-state index in [1.807, 2.05) is 60.7 Å². The van der Waals surface area contributed by atoms with E-state index in [4.69, 9.17) is 20.9 Å². The van der Waals surface area contributed by atoms with Crippen LogP contribution in [0.4, 0.5) is 22.7 Å². The third-order valence-electron chi connectivity index (χ3n) is 7.87. The summed E-state index contributed by atoms with van der Waals surface area (Å²) >= 11 is 0. The summed E-state index contributed by atoms with van der Waals surface area (Å²) in [4.78, 5) is 16.7. The van der Waals surface area contributed by atoms with E-state index >= 15 is 0 Å². The van der Waals surface area contributed by atoms with Crippen LogP contribution in [0, 0.1) is 0 Å². The van der Waals surface area contributed by atoms with E-state index in [2.05, 4.69) is 46.0 Å². The zero-order valence-corrected chi connectivity index (χ0v) is 27.9. The van der Waals surface area contributed by atoms with Crippen LogP contribution in [0.1, 0.15) is 71.6 Å². The van der Waals surface area contributed by atoms with Crippen LogP contribution < -0.4 is 30.7 Å². The molecule has 4 N–H and O–H groups in total. The fourth-order valence-electron chi connectivity index (χ4n) is 5.25. The molecule has 0 aliphatic rings. The van der Waals surface area contributed by atoms with Gasteiger partial charge < -0.3 is 30.7 Å². The number of unbranched alkanes of at least 4 members (excludes halogenated alkanes) is 7. The minimum atomic E-state index is -0.177. The molecule has 3 aromatic carbocycles. The van der Waals surface area contributed by atoms with Crippen molar-refractivity contribution in [2.45, 2.75) is 71.6 Å². The summed E-state index contributed by atoms with van der Waals surface area (Å²) in [7, 11) is 0. The van der Waals surface area contributed by atoms with E-state index in [1.54, 1.807) is 0 Å². The third-order valence-corrected chi connectivity index (χ3v) is 7.87. The first-order valence-corrected chi connectivity index (χ1v) is 17.0. The molecule has 0 amide bonds. The first kappa shape index (κ1) is 36.5. The van der Waals surface area contributed by atoms with Crippen LogP contribution >= 0.6 is 0 Å². The van der Waals surface area contributed by atoms with Crippen LogP contribution in [-0.2, 0) is 4.79 Å². The molecule has 0 saturated carbocycles. The molecular weight excluding hydrogens is 576 g/mol. The molecule has 0 saturated heterocycles. The Labute approximate surface area is 276 Å². The van der Waals surface area contributed by atoms with Crippen LogP contribution in [0.5, 0.6) is 11.5 Å². The Kier molecular flexibility index (Phi) is 17.2. The van der Waals surface area contributed by atoms with Crippen molar-refractivity contribution in [2.75, 3.05) is 55.7 Å². The molecule has 0 heterocycles. The largest absolute Gasteiger partial charge is 0.494 e. The van der Waals surface area contributed by atoms with Crippen molar-refractivity contribution in [3.8, 4) is 11.5 Å². The third kappa shape index (κ3) is 13.6. The van der Waals surface area contributed by atoms with Crippen molar-refractivity contribution in [3.05, 3.63) is 72.8 Å². The lowest BCUT2D eigenvalue weighted by Gasteiger charge is -2.23. The second kappa shape index (κ2) is 21.7. The number of esters is 1. The van der Waals surface area contributed by atoms with Crippen molar-refractivity contribution in [1.82, 2.24) is 0 Å². The zero-order chi connectivity index (χ0) is 32.8. The molecule has 3 rings (SSSR count). The van der Waals surface area contributed by atoms with Gasteiger partial charge in [0, 0.05) is 57.1 Å². The molecular formula is C37H54N6O3. The van der Waals surface area contributed by atoms with E-state index in [0.29, 0.717) is 31.9 Å². The monoisotopic (exact) mass is 630 g/mol. The Morgan fingerprint density at radius 2 is 1.07 bits per heavy atom. The molecule has 46 heavy (non-hydrogen) atoms. The lowest BCUT2D eigenvalue weighted by Crippen LogP contribution is -2.33. The highest BCUT2D eigenvalue weighted by Crippen LogP contribution is 2.24.